The molecule has 58 heavy (non-hydrogen) atoms. The Morgan fingerprint density at radius 1 is 0.810 bits per heavy atom. The number of hydrogen-bond acceptors (Lipinski definition) is 2. The van der Waals surface area contributed by atoms with Gasteiger partial charge in [-0.3, -0.25) is 0 Å². The summed E-state index contributed by atoms with van der Waals surface area (Å²) in [4.78, 5) is 2.72. The van der Waals surface area contributed by atoms with Crippen LogP contribution in [-0.2, 0) is 0 Å². The predicted molar refractivity (Wildman–Crippen MR) is 244 cm³/mol. The van der Waals surface area contributed by atoms with Crippen LogP contribution in [0.25, 0.3) is 12.2 Å². The number of hydrogen-bond donors (Lipinski definition) is 1. The standard InChI is InChI=1S/C55H66N3/c1-36-30-32-57(4)55-51-35-49(36)46-22-11-10-16-39(38(46)3)28-29-48(53(51)54-56-31-13-12-15-37(2)58(54,55)5)50-34-45-20-9-7-18-42-21-14-23-47(52(42)45)44-27-26-41(50)25-24-40-17-6-8-19-43(40)33-44/h6-8,10-11,14,16-20,22-25,29,33,36-37,39,41-42,49-50,56H,9,12-13,15,21,26-28,30-32,34-35H2,1-5H3/q+1. The Kier molecular flexibility index (Phi) is 10.0. The van der Waals surface area contributed by atoms with E-state index < -0.39 is 0 Å². The number of fused-ring (bicyclic) bond motifs is 10. The molecule has 8 atom stereocenters. The van der Waals surface area contributed by atoms with Gasteiger partial charge in [-0.15, -0.1) is 0 Å². The Hall–Kier alpha value is -4.34. The van der Waals surface area contributed by atoms with Gasteiger partial charge in [0.15, 0.2) is 0 Å². The second kappa shape index (κ2) is 15.4. The van der Waals surface area contributed by atoms with Crippen LogP contribution in [0.5, 0.6) is 0 Å². The summed E-state index contributed by atoms with van der Waals surface area (Å²) in [5, 5.41) is 4.29. The van der Waals surface area contributed by atoms with Crippen molar-refractivity contribution in [3.63, 3.8) is 0 Å². The summed E-state index contributed by atoms with van der Waals surface area (Å²) in [6.45, 7) is 9.75. The van der Waals surface area contributed by atoms with E-state index in [0.29, 0.717) is 41.5 Å². The Labute approximate surface area is 349 Å². The van der Waals surface area contributed by atoms with Crippen LogP contribution in [0.15, 0.2) is 153 Å². The topological polar surface area (TPSA) is 15.3 Å². The molecule has 6 aliphatic carbocycles. The van der Waals surface area contributed by atoms with E-state index in [-0.39, 0.29) is 0 Å². The summed E-state index contributed by atoms with van der Waals surface area (Å²) in [6.07, 6.45) is 45.4. The molecule has 1 aromatic carbocycles. The first-order valence-corrected chi connectivity index (χ1v) is 23.1. The minimum absolute atomic E-state index is 0.346. The first kappa shape index (κ1) is 37.9. The SMILES string of the molecule is CC1=C2C=CC=CC1CC=C(C1CC3=CCC=CC4CC=CC(=C34)C3=Cc4ccccc4C=CC1CC3)C1=C3NCCCCC(C)[N+]3(C)C3=C1CC2C(C)CCN3C. The molecule has 3 aliphatic heterocycles. The average molecular weight is 769 g/mol. The summed E-state index contributed by atoms with van der Waals surface area (Å²) in [7, 11) is 5.03. The van der Waals surface area contributed by atoms with Crippen LogP contribution in [0.3, 0.4) is 0 Å². The maximum absolute atomic E-state index is 4.29. The van der Waals surface area contributed by atoms with Gasteiger partial charge in [0.1, 0.15) is 0 Å². The monoisotopic (exact) mass is 769 g/mol. The van der Waals surface area contributed by atoms with Gasteiger partial charge in [0.2, 0.25) is 11.6 Å². The first-order chi connectivity index (χ1) is 28.3. The quantitative estimate of drug-likeness (QED) is 0.226. The van der Waals surface area contributed by atoms with E-state index in [2.05, 4.69) is 148 Å². The molecule has 0 spiro atoms. The smallest absolute Gasteiger partial charge is 0.215 e. The fourth-order valence-electron chi connectivity index (χ4n) is 12.8. The summed E-state index contributed by atoms with van der Waals surface area (Å²) in [5.74, 6) is 5.75. The number of rotatable bonds is 1. The van der Waals surface area contributed by atoms with Gasteiger partial charge in [-0.2, -0.15) is 0 Å². The van der Waals surface area contributed by atoms with Crippen LogP contribution >= 0.6 is 0 Å². The van der Waals surface area contributed by atoms with Crippen molar-refractivity contribution in [1.29, 1.82) is 0 Å². The van der Waals surface area contributed by atoms with Crippen LogP contribution in [0, 0.1) is 35.5 Å². The van der Waals surface area contributed by atoms with E-state index >= 15 is 0 Å². The van der Waals surface area contributed by atoms with E-state index in [1.807, 2.05) is 0 Å². The average Bonchev–Trinajstić information content (AvgIpc) is 3.28. The minimum atomic E-state index is 0.346. The second-order valence-corrected chi connectivity index (χ2v) is 19.4. The summed E-state index contributed by atoms with van der Waals surface area (Å²) < 4.78 is 0.902. The summed E-state index contributed by atoms with van der Waals surface area (Å²) >= 11 is 0. The number of benzene rings is 1. The molecule has 1 saturated heterocycles. The van der Waals surface area contributed by atoms with E-state index in [1.54, 1.807) is 44.8 Å². The van der Waals surface area contributed by atoms with Crippen molar-refractivity contribution in [3.05, 3.63) is 164 Å². The second-order valence-electron chi connectivity index (χ2n) is 19.4. The zero-order valence-corrected chi connectivity index (χ0v) is 35.9. The van der Waals surface area contributed by atoms with Gasteiger partial charge in [-0.05, 0) is 146 Å². The lowest BCUT2D eigenvalue weighted by Crippen LogP contribution is -2.56. The van der Waals surface area contributed by atoms with Crippen molar-refractivity contribution in [2.75, 3.05) is 27.2 Å². The molecule has 8 unspecified atom stereocenters. The molecule has 0 aromatic heterocycles. The molecule has 1 fully saturated rings. The van der Waals surface area contributed by atoms with Crippen molar-refractivity contribution in [2.24, 2.45) is 35.5 Å². The normalized spacial score (nSPS) is 34.5. The highest BCUT2D eigenvalue weighted by Gasteiger charge is 2.53. The Balaban J connectivity index is 1.26. The Bertz CT molecular complexity index is 2250. The van der Waals surface area contributed by atoms with Crippen molar-refractivity contribution < 1.29 is 4.48 Å². The van der Waals surface area contributed by atoms with Gasteiger partial charge in [0, 0.05) is 44.0 Å². The van der Waals surface area contributed by atoms with E-state index in [4.69, 9.17) is 0 Å². The highest BCUT2D eigenvalue weighted by Crippen LogP contribution is 2.55. The van der Waals surface area contributed by atoms with Gasteiger partial charge in [0.25, 0.3) is 0 Å². The Morgan fingerprint density at radius 2 is 1.69 bits per heavy atom. The van der Waals surface area contributed by atoms with Gasteiger partial charge >= 0.3 is 0 Å². The zero-order chi connectivity index (χ0) is 39.5. The Morgan fingerprint density at radius 3 is 2.59 bits per heavy atom. The molecule has 10 rings (SSSR count). The third kappa shape index (κ3) is 6.34. The fourth-order valence-corrected chi connectivity index (χ4v) is 12.8. The van der Waals surface area contributed by atoms with Crippen LogP contribution in [-0.4, -0.2) is 42.6 Å². The molecular weight excluding hydrogens is 703 g/mol. The lowest BCUT2D eigenvalue weighted by atomic mass is 9.69. The molecule has 0 saturated carbocycles. The molecule has 0 radical (unpaired) electrons. The van der Waals surface area contributed by atoms with Crippen molar-refractivity contribution >= 4 is 12.2 Å². The number of quaternary nitrogens is 1. The highest BCUT2D eigenvalue weighted by atomic mass is 15.5. The number of nitrogens with zero attached hydrogens (tertiary/aromatic N) is 2. The van der Waals surface area contributed by atoms with Gasteiger partial charge < -0.3 is 10.2 Å². The van der Waals surface area contributed by atoms with Crippen LogP contribution in [0.2, 0.25) is 0 Å². The largest absolute Gasteiger partial charge is 0.340 e. The van der Waals surface area contributed by atoms with Gasteiger partial charge in [-0.1, -0.05) is 116 Å². The third-order valence-corrected chi connectivity index (χ3v) is 16.2. The minimum Gasteiger partial charge on any atom is -0.340 e. The molecule has 3 heterocycles. The van der Waals surface area contributed by atoms with Crippen molar-refractivity contribution in [2.45, 2.75) is 97.4 Å². The number of nitrogens with one attached hydrogen (secondary N) is 1. The van der Waals surface area contributed by atoms with E-state index in [9.17, 15) is 0 Å². The lowest BCUT2D eigenvalue weighted by molar-refractivity contribution is -0.869. The molecule has 1 aromatic rings. The first-order valence-electron chi connectivity index (χ1n) is 23.1. The third-order valence-electron chi connectivity index (χ3n) is 16.2. The van der Waals surface area contributed by atoms with Crippen molar-refractivity contribution in [1.82, 2.24) is 10.2 Å². The molecule has 9 aliphatic rings. The lowest BCUT2D eigenvalue weighted by Gasteiger charge is -2.44. The molecule has 3 nitrogen and oxygen atoms in total. The molecule has 300 valence electrons. The molecular formula is C55H66N3+. The van der Waals surface area contributed by atoms with Crippen LogP contribution in [0.4, 0.5) is 0 Å². The fraction of sp³-hybridized carbons (Fsp3) is 0.455. The zero-order valence-electron chi connectivity index (χ0n) is 35.9. The van der Waals surface area contributed by atoms with Gasteiger partial charge in [-0.25, -0.2) is 4.48 Å². The maximum atomic E-state index is 4.29. The van der Waals surface area contributed by atoms with E-state index in [1.165, 1.54) is 53.8 Å². The highest BCUT2D eigenvalue weighted by molar-refractivity contribution is 5.72. The molecule has 1 N–H and O–H groups in total. The van der Waals surface area contributed by atoms with Crippen LogP contribution < -0.4 is 5.32 Å². The van der Waals surface area contributed by atoms with Crippen molar-refractivity contribution in [3.8, 4) is 0 Å². The number of allylic oxidation sites excluding steroid dienone is 20. The molecule has 0 amide bonds. The predicted octanol–water partition coefficient (Wildman–Crippen LogP) is 12.7. The molecule has 6 bridgehead atoms. The summed E-state index contributed by atoms with van der Waals surface area (Å²) in [6, 6.07) is 9.63. The van der Waals surface area contributed by atoms with Crippen LogP contribution in [0.1, 0.15) is 103 Å². The maximum Gasteiger partial charge on any atom is 0.215 e. The molecule has 3 heteroatoms. The van der Waals surface area contributed by atoms with Gasteiger partial charge in [0.05, 0.1) is 18.7 Å². The van der Waals surface area contributed by atoms with E-state index in [0.717, 1.165) is 62.5 Å². The summed E-state index contributed by atoms with van der Waals surface area (Å²) in [5.41, 5.74) is 17.0.